The van der Waals surface area contributed by atoms with Crippen LogP contribution in [0.1, 0.15) is 30.5 Å². The Morgan fingerprint density at radius 1 is 0.431 bits per heavy atom. The second-order valence-electron chi connectivity index (χ2n) is 16.1. The summed E-state index contributed by atoms with van der Waals surface area (Å²) >= 11 is 0. The lowest BCUT2D eigenvalue weighted by molar-refractivity contribution is 0.660. The maximum absolute atomic E-state index is 2.52. The number of hydrogen-bond acceptors (Lipinski definition) is 1. The van der Waals surface area contributed by atoms with Crippen molar-refractivity contribution < 1.29 is 0 Å². The van der Waals surface area contributed by atoms with E-state index in [0.29, 0.717) is 6.54 Å². The summed E-state index contributed by atoms with van der Waals surface area (Å²) in [5, 5.41) is 5.08. The van der Waals surface area contributed by atoms with Gasteiger partial charge in [-0.3, -0.25) is 0 Å². The molecule has 0 spiro atoms. The summed E-state index contributed by atoms with van der Waals surface area (Å²) in [7, 11) is 0. The fourth-order valence-electron chi connectivity index (χ4n) is 9.69. The van der Waals surface area contributed by atoms with Crippen molar-refractivity contribution in [3.63, 3.8) is 0 Å². The van der Waals surface area contributed by atoms with E-state index < -0.39 is 0 Å². The average Bonchev–Trinajstić information content (AvgIpc) is 3.74. The van der Waals surface area contributed by atoms with Crippen molar-refractivity contribution in [3.05, 3.63) is 223 Å². The summed E-state index contributed by atoms with van der Waals surface area (Å²) < 4.78 is 2.47. The molecule has 2 nitrogen and oxygen atoms in total. The van der Waals surface area contributed by atoms with Crippen molar-refractivity contribution in [1.82, 2.24) is 4.57 Å². The van der Waals surface area contributed by atoms with E-state index in [4.69, 9.17) is 0 Å². The predicted molar refractivity (Wildman–Crippen MR) is 245 cm³/mol. The largest absolute Gasteiger partial charge is 0.337 e. The molecule has 1 aliphatic rings. The lowest BCUT2D eigenvalue weighted by Gasteiger charge is -2.29. The van der Waals surface area contributed by atoms with Crippen LogP contribution in [-0.4, -0.2) is 4.57 Å². The molecule has 1 aromatic heterocycles. The number of para-hydroxylation sites is 1. The first-order valence-electron chi connectivity index (χ1n) is 20.3. The highest BCUT2D eigenvalue weighted by Crippen LogP contribution is 2.50. The van der Waals surface area contributed by atoms with Crippen molar-refractivity contribution in [2.75, 3.05) is 4.90 Å². The molecular weight excluding hydrogens is 701 g/mol. The Hall–Kier alpha value is -7.16. The number of hydrogen-bond donors (Lipinski definition) is 0. The Labute approximate surface area is 339 Å². The summed E-state index contributed by atoms with van der Waals surface area (Å²) in [5.41, 5.74) is 17.4. The normalized spacial score (nSPS) is 12.9. The van der Waals surface area contributed by atoms with Crippen molar-refractivity contribution >= 4 is 44.0 Å². The molecule has 0 atom stereocenters. The van der Waals surface area contributed by atoms with E-state index in [2.05, 4.69) is 230 Å². The Kier molecular flexibility index (Phi) is 7.94. The molecule has 0 N–H and O–H groups in total. The van der Waals surface area contributed by atoms with E-state index in [0.717, 1.165) is 11.4 Å². The monoisotopic (exact) mass is 742 g/mol. The molecule has 276 valence electrons. The van der Waals surface area contributed by atoms with Crippen LogP contribution in [0.2, 0.25) is 0 Å². The number of benzene rings is 9. The molecule has 1 aliphatic carbocycles. The third-order valence-corrected chi connectivity index (χ3v) is 12.5. The quantitative estimate of drug-likeness (QED) is 0.158. The molecule has 0 radical (unpaired) electrons. The molecule has 0 saturated heterocycles. The highest BCUT2D eigenvalue weighted by molar-refractivity contribution is 6.24. The van der Waals surface area contributed by atoms with Crippen LogP contribution >= 0.6 is 0 Å². The van der Waals surface area contributed by atoms with Crippen LogP contribution in [0.5, 0.6) is 0 Å². The van der Waals surface area contributed by atoms with Crippen LogP contribution in [0.3, 0.4) is 0 Å². The fraction of sp³-hybridized carbons (Fsp3) is 0.0714. The number of fused-ring (bicyclic) bond motifs is 8. The minimum absolute atomic E-state index is 0.109. The Morgan fingerprint density at radius 2 is 1.07 bits per heavy atom. The van der Waals surface area contributed by atoms with Gasteiger partial charge in [-0.2, -0.15) is 0 Å². The molecule has 0 unspecified atom stereocenters. The van der Waals surface area contributed by atoms with Crippen LogP contribution in [0.4, 0.5) is 11.4 Å². The highest BCUT2D eigenvalue weighted by atomic mass is 15.1. The van der Waals surface area contributed by atoms with Gasteiger partial charge < -0.3 is 9.47 Å². The van der Waals surface area contributed by atoms with Gasteiger partial charge in [-0.15, -0.1) is 0 Å². The molecule has 11 rings (SSSR count). The van der Waals surface area contributed by atoms with Crippen molar-refractivity contribution in [2.45, 2.75) is 25.8 Å². The van der Waals surface area contributed by atoms with Gasteiger partial charge in [0.05, 0.1) is 11.0 Å². The first-order valence-corrected chi connectivity index (χ1v) is 20.3. The lowest BCUT2D eigenvalue weighted by Crippen LogP contribution is -2.19. The number of rotatable bonds is 7. The van der Waals surface area contributed by atoms with Gasteiger partial charge in [-0.25, -0.2) is 0 Å². The van der Waals surface area contributed by atoms with Crippen LogP contribution in [-0.2, 0) is 12.0 Å². The smallest absolute Gasteiger partial charge is 0.0547 e. The Morgan fingerprint density at radius 3 is 1.90 bits per heavy atom. The number of aromatic nitrogens is 1. The highest BCUT2D eigenvalue weighted by Gasteiger charge is 2.35. The zero-order chi connectivity index (χ0) is 38.8. The summed E-state index contributed by atoms with van der Waals surface area (Å²) in [6, 6.07) is 75.8. The Balaban J connectivity index is 1.12. The van der Waals surface area contributed by atoms with E-state index in [-0.39, 0.29) is 5.41 Å². The summed E-state index contributed by atoms with van der Waals surface area (Å²) in [6.45, 7) is 5.44. The third-order valence-electron chi connectivity index (χ3n) is 12.5. The minimum Gasteiger partial charge on any atom is -0.337 e. The van der Waals surface area contributed by atoms with Crippen molar-refractivity contribution in [1.29, 1.82) is 0 Å². The van der Waals surface area contributed by atoms with Gasteiger partial charge in [0.1, 0.15) is 0 Å². The van der Waals surface area contributed by atoms with Gasteiger partial charge in [0.25, 0.3) is 0 Å². The molecule has 58 heavy (non-hydrogen) atoms. The zero-order valence-electron chi connectivity index (χ0n) is 32.7. The topological polar surface area (TPSA) is 8.17 Å². The second-order valence-corrected chi connectivity index (χ2v) is 16.1. The molecule has 10 aromatic rings. The number of nitrogens with zero attached hydrogens (tertiary/aromatic N) is 2. The van der Waals surface area contributed by atoms with Crippen LogP contribution in [0.25, 0.3) is 71.6 Å². The fourth-order valence-corrected chi connectivity index (χ4v) is 9.69. The Bertz CT molecular complexity index is 3170. The molecule has 9 aromatic carbocycles. The molecular formula is C56H42N2. The van der Waals surface area contributed by atoms with Crippen LogP contribution in [0.15, 0.2) is 206 Å². The van der Waals surface area contributed by atoms with E-state index in [1.807, 2.05) is 0 Å². The lowest BCUT2D eigenvalue weighted by atomic mass is 9.82. The van der Waals surface area contributed by atoms with Crippen molar-refractivity contribution in [3.8, 4) is 39.1 Å². The van der Waals surface area contributed by atoms with Crippen LogP contribution in [0, 0.1) is 0 Å². The summed E-state index contributed by atoms with van der Waals surface area (Å²) in [6.07, 6.45) is 0. The molecule has 2 heteroatoms. The SMILES string of the molecule is CC1(C)c2ccccc2-c2ccc(N(Cc3ccccc3-c3ccccc3)c3cccc(-n4c5ccccc5c5c6c(-c7ccccc7)cccc6ccc54)c3)cc21. The molecule has 0 aliphatic heterocycles. The first-order chi connectivity index (χ1) is 28.5. The molecule has 1 heterocycles. The third kappa shape index (κ3) is 5.40. The van der Waals surface area contributed by atoms with E-state index in [1.165, 1.54) is 88.3 Å². The molecule has 0 bridgehead atoms. The second kappa shape index (κ2) is 13.5. The number of anilines is 2. The zero-order valence-corrected chi connectivity index (χ0v) is 32.7. The van der Waals surface area contributed by atoms with E-state index in [1.54, 1.807) is 0 Å². The minimum atomic E-state index is -0.109. The summed E-state index contributed by atoms with van der Waals surface area (Å²) in [4.78, 5) is 2.52. The standard InChI is InChI=1S/C56H42N2/c1-56(2)50-29-13-11-26-47(50)48-33-32-43(36-51(48)56)57(37-41-21-9-10-25-45(41)38-17-5-3-6-18-38)42-23-16-24-44(35-42)58-52-30-14-12-27-49(52)55-53(58)34-31-40-22-15-28-46(54(40)55)39-19-7-4-8-20-39/h3-36H,37H2,1-2H3. The first kappa shape index (κ1) is 34.1. The predicted octanol–water partition coefficient (Wildman–Crippen LogP) is 14.9. The van der Waals surface area contributed by atoms with Gasteiger partial charge in [-0.05, 0) is 103 Å². The molecule has 0 amide bonds. The van der Waals surface area contributed by atoms with Gasteiger partial charge in [0.2, 0.25) is 0 Å². The van der Waals surface area contributed by atoms with Gasteiger partial charge in [0, 0.05) is 39.8 Å². The van der Waals surface area contributed by atoms with Gasteiger partial charge >= 0.3 is 0 Å². The maximum atomic E-state index is 2.52. The van der Waals surface area contributed by atoms with Gasteiger partial charge in [0.15, 0.2) is 0 Å². The summed E-state index contributed by atoms with van der Waals surface area (Å²) in [5.74, 6) is 0. The van der Waals surface area contributed by atoms with Gasteiger partial charge in [-0.1, -0.05) is 178 Å². The van der Waals surface area contributed by atoms with E-state index >= 15 is 0 Å². The molecule has 0 saturated carbocycles. The van der Waals surface area contributed by atoms with E-state index in [9.17, 15) is 0 Å². The van der Waals surface area contributed by atoms with Crippen LogP contribution < -0.4 is 4.90 Å². The van der Waals surface area contributed by atoms with Crippen molar-refractivity contribution in [2.24, 2.45) is 0 Å². The maximum Gasteiger partial charge on any atom is 0.0547 e. The average molecular weight is 743 g/mol. The molecule has 0 fully saturated rings.